The van der Waals surface area contributed by atoms with Gasteiger partial charge in [0.05, 0.1) is 13.2 Å². The summed E-state index contributed by atoms with van der Waals surface area (Å²) in [5.74, 6) is 0.569. The van der Waals surface area contributed by atoms with E-state index in [4.69, 9.17) is 4.74 Å². The van der Waals surface area contributed by atoms with Gasteiger partial charge in [-0.1, -0.05) is 47.0 Å². The van der Waals surface area contributed by atoms with Crippen molar-refractivity contribution in [3.05, 3.63) is 0 Å². The van der Waals surface area contributed by atoms with Crippen LogP contribution in [0.3, 0.4) is 0 Å². The molecule has 0 aliphatic carbocycles. The Morgan fingerprint density at radius 2 is 1.83 bits per heavy atom. The Hall–Kier alpha value is -0.570. The zero-order valence-electron chi connectivity index (χ0n) is 16.4. The third kappa shape index (κ3) is 4.95. The minimum Gasteiger partial charge on any atom is -0.465 e. The van der Waals surface area contributed by atoms with Crippen LogP contribution < -0.4 is 0 Å². The van der Waals surface area contributed by atoms with Crippen LogP contribution in [-0.4, -0.2) is 35.1 Å². The van der Waals surface area contributed by atoms with E-state index in [2.05, 4.69) is 46.4 Å². The smallest absolute Gasteiger partial charge is 0.320 e. The third-order valence-corrected chi connectivity index (χ3v) is 6.47. The van der Waals surface area contributed by atoms with Crippen LogP contribution in [0.1, 0.15) is 92.9 Å². The van der Waals surface area contributed by atoms with Crippen LogP contribution >= 0.6 is 0 Å². The van der Waals surface area contributed by atoms with Crippen molar-refractivity contribution in [1.29, 1.82) is 0 Å². The quantitative estimate of drug-likeness (QED) is 0.432. The van der Waals surface area contributed by atoms with Gasteiger partial charge in [0, 0.05) is 11.1 Å². The van der Waals surface area contributed by atoms with Gasteiger partial charge in [0.1, 0.15) is 0 Å². The van der Waals surface area contributed by atoms with Crippen molar-refractivity contribution in [3.8, 4) is 0 Å². The largest absolute Gasteiger partial charge is 0.465 e. The molecule has 0 bridgehead atoms. The summed E-state index contributed by atoms with van der Waals surface area (Å²) in [6, 6.07) is 0. The van der Waals surface area contributed by atoms with Crippen LogP contribution in [0.15, 0.2) is 0 Å². The van der Waals surface area contributed by atoms with Crippen LogP contribution in [-0.2, 0) is 9.53 Å². The van der Waals surface area contributed by atoms with E-state index in [-0.39, 0.29) is 17.0 Å². The Morgan fingerprint density at radius 1 is 1.13 bits per heavy atom. The first kappa shape index (κ1) is 20.5. The molecular weight excluding hydrogens is 286 g/mol. The summed E-state index contributed by atoms with van der Waals surface area (Å²) in [5.41, 5.74) is 0.197. The minimum atomic E-state index is -0.0463. The van der Waals surface area contributed by atoms with Gasteiger partial charge in [0.2, 0.25) is 0 Å². The normalized spacial score (nSPS) is 32.0. The highest BCUT2D eigenvalue weighted by Gasteiger charge is 2.49. The minimum absolute atomic E-state index is 0.0463. The lowest BCUT2D eigenvalue weighted by atomic mass is 9.69. The Labute approximate surface area is 144 Å². The van der Waals surface area contributed by atoms with E-state index >= 15 is 0 Å². The summed E-state index contributed by atoms with van der Waals surface area (Å²) >= 11 is 0. The number of rotatable bonds is 9. The molecule has 0 N–H and O–H groups in total. The Bertz CT molecular complexity index is 371. The van der Waals surface area contributed by atoms with Gasteiger partial charge in [0.25, 0.3) is 0 Å². The number of hydrogen-bond acceptors (Lipinski definition) is 3. The Balaban J connectivity index is 2.69. The lowest BCUT2D eigenvalue weighted by Gasteiger charge is -2.58. The summed E-state index contributed by atoms with van der Waals surface area (Å²) in [6.45, 7) is 14.7. The second-order valence-electron chi connectivity index (χ2n) is 7.87. The summed E-state index contributed by atoms with van der Waals surface area (Å²) in [5, 5.41) is 0. The Morgan fingerprint density at radius 3 is 2.39 bits per heavy atom. The summed E-state index contributed by atoms with van der Waals surface area (Å²) in [4.78, 5) is 14.9. The second-order valence-corrected chi connectivity index (χ2v) is 7.87. The van der Waals surface area contributed by atoms with Crippen LogP contribution in [0, 0.1) is 5.92 Å². The van der Waals surface area contributed by atoms with Crippen molar-refractivity contribution >= 4 is 5.97 Å². The van der Waals surface area contributed by atoms with E-state index in [1.807, 2.05) is 0 Å². The van der Waals surface area contributed by atoms with Crippen molar-refractivity contribution in [2.75, 3.05) is 13.2 Å². The second kappa shape index (κ2) is 9.05. The molecule has 0 amide bonds. The monoisotopic (exact) mass is 325 g/mol. The maximum Gasteiger partial charge on any atom is 0.320 e. The number of unbranched alkanes of at least 4 members (excludes halogenated alkanes) is 3. The molecule has 0 aromatic carbocycles. The van der Waals surface area contributed by atoms with Crippen LogP contribution in [0.2, 0.25) is 0 Å². The molecule has 3 heteroatoms. The first-order valence-electron chi connectivity index (χ1n) is 9.77. The number of esters is 1. The zero-order valence-corrected chi connectivity index (χ0v) is 16.4. The van der Waals surface area contributed by atoms with Crippen molar-refractivity contribution in [2.45, 2.75) is 104 Å². The highest BCUT2D eigenvalue weighted by molar-refractivity contribution is 5.72. The number of carbonyl (C=O) groups excluding carboxylic acids is 1. The number of likely N-dealkylation sites (tertiary alicyclic amines) is 1. The fraction of sp³-hybridized carbons (Fsp3) is 0.950. The predicted octanol–water partition coefficient (Wildman–Crippen LogP) is 5.18. The standard InChI is InChI=1S/C20H39NO2/c1-7-10-11-12-15-23-18(22)16-21-19(5,8-2)14-13-17(4)20(21,6)9-3/h17H,7-16H2,1-6H3. The molecule has 1 heterocycles. The SMILES string of the molecule is CCCCCCOC(=O)CN1C(C)(CC)CCC(C)C1(C)CC. The third-order valence-electron chi connectivity index (χ3n) is 6.47. The van der Waals surface area contributed by atoms with Crippen molar-refractivity contribution in [3.63, 3.8) is 0 Å². The number of hydrogen-bond donors (Lipinski definition) is 0. The average molecular weight is 326 g/mol. The molecular formula is C20H39NO2. The molecule has 23 heavy (non-hydrogen) atoms. The number of carbonyl (C=O) groups is 1. The van der Waals surface area contributed by atoms with E-state index in [1.165, 1.54) is 25.7 Å². The van der Waals surface area contributed by atoms with Gasteiger partial charge in [0.15, 0.2) is 0 Å². The molecule has 0 radical (unpaired) electrons. The molecule has 0 saturated carbocycles. The Kier molecular flexibility index (Phi) is 8.06. The molecule has 1 saturated heterocycles. The fourth-order valence-corrected chi connectivity index (χ4v) is 4.02. The summed E-state index contributed by atoms with van der Waals surface area (Å²) in [6.07, 6.45) is 9.16. The van der Waals surface area contributed by atoms with Gasteiger partial charge < -0.3 is 4.74 Å². The van der Waals surface area contributed by atoms with Gasteiger partial charge in [-0.05, 0) is 51.9 Å². The van der Waals surface area contributed by atoms with E-state index in [0.29, 0.717) is 19.1 Å². The molecule has 0 aromatic heterocycles. The van der Waals surface area contributed by atoms with E-state index in [1.54, 1.807) is 0 Å². The first-order valence-corrected chi connectivity index (χ1v) is 9.77. The molecule has 3 nitrogen and oxygen atoms in total. The molecule has 1 fully saturated rings. The van der Waals surface area contributed by atoms with E-state index < -0.39 is 0 Å². The highest BCUT2D eigenvalue weighted by atomic mass is 16.5. The topological polar surface area (TPSA) is 29.5 Å². The highest BCUT2D eigenvalue weighted by Crippen LogP contribution is 2.45. The van der Waals surface area contributed by atoms with E-state index in [9.17, 15) is 4.79 Å². The molecule has 1 aliphatic heterocycles. The predicted molar refractivity (Wildman–Crippen MR) is 97.6 cm³/mol. The zero-order chi connectivity index (χ0) is 17.5. The average Bonchev–Trinajstić information content (AvgIpc) is 2.55. The van der Waals surface area contributed by atoms with Gasteiger partial charge in [-0.25, -0.2) is 0 Å². The maximum absolute atomic E-state index is 12.4. The van der Waals surface area contributed by atoms with Crippen molar-refractivity contribution in [2.24, 2.45) is 5.92 Å². The maximum atomic E-state index is 12.4. The molecule has 3 atom stereocenters. The summed E-state index contributed by atoms with van der Waals surface area (Å²) < 4.78 is 5.52. The first-order chi connectivity index (χ1) is 10.8. The fourth-order valence-electron chi connectivity index (χ4n) is 4.02. The van der Waals surface area contributed by atoms with E-state index in [0.717, 1.165) is 25.7 Å². The van der Waals surface area contributed by atoms with Gasteiger partial charge in [-0.2, -0.15) is 0 Å². The molecule has 0 spiro atoms. The number of nitrogens with zero attached hydrogens (tertiary/aromatic N) is 1. The number of piperidine rings is 1. The van der Waals surface area contributed by atoms with Crippen LogP contribution in [0.5, 0.6) is 0 Å². The molecule has 3 unspecified atom stereocenters. The van der Waals surface area contributed by atoms with Crippen LogP contribution in [0.4, 0.5) is 0 Å². The molecule has 0 aromatic rings. The molecule has 136 valence electrons. The van der Waals surface area contributed by atoms with Gasteiger partial charge in [-0.3, -0.25) is 9.69 Å². The van der Waals surface area contributed by atoms with Crippen LogP contribution in [0.25, 0.3) is 0 Å². The molecule has 1 rings (SSSR count). The lowest BCUT2D eigenvalue weighted by molar-refractivity contribution is -0.155. The lowest BCUT2D eigenvalue weighted by Crippen LogP contribution is -2.65. The van der Waals surface area contributed by atoms with Gasteiger partial charge in [-0.15, -0.1) is 0 Å². The van der Waals surface area contributed by atoms with Crippen molar-refractivity contribution < 1.29 is 9.53 Å². The molecule has 1 aliphatic rings. The van der Waals surface area contributed by atoms with Gasteiger partial charge >= 0.3 is 5.97 Å². The summed E-state index contributed by atoms with van der Waals surface area (Å²) in [7, 11) is 0. The van der Waals surface area contributed by atoms with Crippen molar-refractivity contribution in [1.82, 2.24) is 4.90 Å². The number of ether oxygens (including phenoxy) is 1.